The van der Waals surface area contributed by atoms with Crippen molar-refractivity contribution in [2.45, 2.75) is 5.54 Å². The van der Waals surface area contributed by atoms with Crippen molar-refractivity contribution >= 4 is 10.2 Å². The summed E-state index contributed by atoms with van der Waals surface area (Å²) >= 11 is 0. The summed E-state index contributed by atoms with van der Waals surface area (Å²) in [6.45, 7) is 1.11. The van der Waals surface area contributed by atoms with Crippen LogP contribution in [0.15, 0.2) is 24.4 Å². The molecule has 66 valence electrons. The van der Waals surface area contributed by atoms with Gasteiger partial charge in [0, 0.05) is 28.7 Å². The van der Waals surface area contributed by atoms with Crippen LogP contribution in [0.4, 0.5) is 0 Å². The van der Waals surface area contributed by atoms with Crippen molar-refractivity contribution in [1.82, 2.24) is 9.88 Å². The summed E-state index contributed by atoms with van der Waals surface area (Å²) in [5.74, 6) is 0. The second-order valence-corrected chi connectivity index (χ2v) is 4.81. The van der Waals surface area contributed by atoms with Crippen molar-refractivity contribution in [3.8, 4) is 0 Å². The molecule has 0 aliphatic rings. The van der Waals surface area contributed by atoms with Crippen LogP contribution in [0.5, 0.6) is 0 Å². The molecule has 0 bridgehead atoms. The maximum atomic E-state index is 4.34. The van der Waals surface area contributed by atoms with Crippen molar-refractivity contribution in [3.05, 3.63) is 30.1 Å². The second-order valence-electron chi connectivity index (χ2n) is 3.42. The fraction of sp³-hybridized carbons (Fsp3) is 0.444. The first kappa shape index (κ1) is 9.42. The number of likely N-dealkylation sites (N-methyl/N-ethyl adjacent to an activating group) is 1. The van der Waals surface area contributed by atoms with E-state index in [9.17, 15) is 0 Å². The van der Waals surface area contributed by atoms with E-state index in [1.807, 2.05) is 12.3 Å². The number of nitrogens with zero attached hydrogens (tertiary/aromatic N) is 2. The average Bonchev–Trinajstić information content (AvgIpc) is 2.05. The number of pyridine rings is 1. The fourth-order valence-electron chi connectivity index (χ4n) is 1.31. The Morgan fingerprint density at radius 2 is 2.25 bits per heavy atom. The molecule has 0 aliphatic carbocycles. The molecule has 0 aromatic carbocycles. The van der Waals surface area contributed by atoms with E-state index in [0.29, 0.717) is 5.54 Å². The summed E-state index contributed by atoms with van der Waals surface area (Å²) in [5, 5.41) is 0. The van der Waals surface area contributed by atoms with Gasteiger partial charge in [0.2, 0.25) is 0 Å². The molecular formula is C9H16N2Si. The Labute approximate surface area is 77.0 Å². The van der Waals surface area contributed by atoms with Crippen LogP contribution in [0.25, 0.3) is 0 Å². The Morgan fingerprint density at radius 1 is 1.50 bits per heavy atom. The zero-order chi connectivity index (χ0) is 8.97. The summed E-state index contributed by atoms with van der Waals surface area (Å²) in [5.41, 5.74) is 1.89. The molecule has 12 heavy (non-hydrogen) atoms. The summed E-state index contributed by atoms with van der Waals surface area (Å²) in [6.07, 6.45) is 1.87. The maximum Gasteiger partial charge on any atom is 0.0410 e. The Morgan fingerprint density at radius 3 is 2.75 bits per heavy atom. The van der Waals surface area contributed by atoms with Gasteiger partial charge in [0.05, 0.1) is 0 Å². The van der Waals surface area contributed by atoms with Crippen LogP contribution in [-0.2, 0) is 0 Å². The van der Waals surface area contributed by atoms with Crippen LogP contribution in [0.3, 0.4) is 0 Å². The first-order valence-corrected chi connectivity index (χ1v) is 5.41. The quantitative estimate of drug-likeness (QED) is 0.611. The third-order valence-electron chi connectivity index (χ3n) is 1.83. The van der Waals surface area contributed by atoms with Gasteiger partial charge in [-0.25, -0.2) is 0 Å². The third kappa shape index (κ3) is 2.75. The van der Waals surface area contributed by atoms with Crippen molar-refractivity contribution in [1.29, 1.82) is 0 Å². The second kappa shape index (κ2) is 4.38. The molecule has 0 fully saturated rings. The minimum atomic E-state index is 0.654. The van der Waals surface area contributed by atoms with Gasteiger partial charge in [0.15, 0.2) is 0 Å². The van der Waals surface area contributed by atoms with Crippen LogP contribution in [0.1, 0.15) is 11.2 Å². The molecule has 1 rings (SSSR count). The van der Waals surface area contributed by atoms with E-state index >= 15 is 0 Å². The lowest BCUT2D eigenvalue weighted by atomic mass is 10.2. The lowest BCUT2D eigenvalue weighted by molar-refractivity contribution is 0.405. The minimum Gasteiger partial charge on any atom is -0.309 e. The smallest absolute Gasteiger partial charge is 0.0410 e. The average molecular weight is 180 g/mol. The van der Waals surface area contributed by atoms with Gasteiger partial charge in [-0.05, 0) is 31.8 Å². The molecule has 1 heterocycles. The summed E-state index contributed by atoms with van der Waals surface area (Å²) in [4.78, 5) is 6.55. The summed E-state index contributed by atoms with van der Waals surface area (Å²) in [7, 11) is 5.38. The molecule has 1 atom stereocenters. The van der Waals surface area contributed by atoms with Gasteiger partial charge in [-0.2, -0.15) is 0 Å². The fourth-order valence-corrected chi connectivity index (χ4v) is 2.38. The number of hydrogen-bond acceptors (Lipinski definition) is 2. The van der Waals surface area contributed by atoms with Crippen LogP contribution < -0.4 is 0 Å². The van der Waals surface area contributed by atoms with E-state index in [1.165, 1.54) is 15.9 Å². The standard InChI is InChI=1S/C9H16N2Si/c1-11(2)7-9(12)8-5-3-4-6-10-8/h3-6,9H,7H2,1-2,12H3. The molecule has 2 nitrogen and oxygen atoms in total. The highest BCUT2D eigenvalue weighted by molar-refractivity contribution is 6.12. The molecule has 0 spiro atoms. The predicted octanol–water partition coefficient (Wildman–Crippen LogP) is 0.0497. The third-order valence-corrected chi connectivity index (χ3v) is 2.79. The van der Waals surface area contributed by atoms with Gasteiger partial charge in [0.1, 0.15) is 0 Å². The Bertz CT molecular complexity index is 223. The normalized spacial score (nSPS) is 13.6. The Balaban J connectivity index is 2.59. The lowest BCUT2D eigenvalue weighted by Crippen LogP contribution is -2.20. The summed E-state index contributed by atoms with van der Waals surface area (Å²) in [6, 6.07) is 6.14. The van der Waals surface area contributed by atoms with Crippen molar-refractivity contribution < 1.29 is 0 Å². The minimum absolute atomic E-state index is 0.654. The molecule has 0 radical (unpaired) electrons. The van der Waals surface area contributed by atoms with E-state index in [-0.39, 0.29) is 0 Å². The van der Waals surface area contributed by atoms with E-state index in [1.54, 1.807) is 0 Å². The molecule has 0 saturated carbocycles. The van der Waals surface area contributed by atoms with Gasteiger partial charge in [-0.3, -0.25) is 4.98 Å². The van der Waals surface area contributed by atoms with E-state index < -0.39 is 0 Å². The Kier molecular flexibility index (Phi) is 3.43. The number of aromatic nitrogens is 1. The van der Waals surface area contributed by atoms with Crippen LogP contribution in [-0.4, -0.2) is 40.8 Å². The molecule has 3 heteroatoms. The zero-order valence-electron chi connectivity index (χ0n) is 7.99. The summed E-state index contributed by atoms with van der Waals surface area (Å²) < 4.78 is 0. The van der Waals surface area contributed by atoms with Crippen LogP contribution in [0.2, 0.25) is 0 Å². The lowest BCUT2D eigenvalue weighted by Gasteiger charge is -2.15. The van der Waals surface area contributed by atoms with Gasteiger partial charge < -0.3 is 4.90 Å². The number of hydrogen-bond donors (Lipinski definition) is 0. The van der Waals surface area contributed by atoms with Crippen LogP contribution in [0, 0.1) is 0 Å². The maximum absolute atomic E-state index is 4.34. The van der Waals surface area contributed by atoms with E-state index in [0.717, 1.165) is 6.54 Å². The molecule has 0 N–H and O–H groups in total. The highest BCUT2D eigenvalue weighted by atomic mass is 28.1. The predicted molar refractivity (Wildman–Crippen MR) is 55.5 cm³/mol. The highest BCUT2D eigenvalue weighted by Gasteiger charge is 2.06. The Hall–Kier alpha value is -0.673. The van der Waals surface area contributed by atoms with Gasteiger partial charge >= 0.3 is 0 Å². The largest absolute Gasteiger partial charge is 0.309 e. The SMILES string of the molecule is CN(C)CC([SiH3])c1ccccn1. The molecule has 0 amide bonds. The van der Waals surface area contributed by atoms with E-state index in [2.05, 4.69) is 36.1 Å². The van der Waals surface area contributed by atoms with Gasteiger partial charge in [-0.1, -0.05) is 6.07 Å². The molecule has 1 aromatic rings. The van der Waals surface area contributed by atoms with Gasteiger partial charge in [-0.15, -0.1) is 0 Å². The molecule has 0 saturated heterocycles. The van der Waals surface area contributed by atoms with Crippen molar-refractivity contribution in [2.75, 3.05) is 20.6 Å². The first-order valence-electron chi connectivity index (χ1n) is 4.26. The zero-order valence-corrected chi connectivity index (χ0v) is 9.99. The molecule has 0 aliphatic heterocycles. The molecule has 1 aromatic heterocycles. The highest BCUT2D eigenvalue weighted by Crippen LogP contribution is 2.08. The number of rotatable bonds is 3. The first-order chi connectivity index (χ1) is 5.70. The van der Waals surface area contributed by atoms with Gasteiger partial charge in [0.25, 0.3) is 0 Å². The van der Waals surface area contributed by atoms with Crippen molar-refractivity contribution in [3.63, 3.8) is 0 Å². The monoisotopic (exact) mass is 180 g/mol. The topological polar surface area (TPSA) is 16.1 Å². The molecular weight excluding hydrogens is 164 g/mol. The van der Waals surface area contributed by atoms with E-state index in [4.69, 9.17) is 0 Å². The van der Waals surface area contributed by atoms with Crippen LogP contribution >= 0.6 is 0 Å². The molecule has 1 unspecified atom stereocenters. The van der Waals surface area contributed by atoms with Crippen molar-refractivity contribution in [2.24, 2.45) is 0 Å².